The molecule has 4 nitrogen and oxygen atoms in total. The number of benzene rings is 1. The number of anilines is 1. The molecule has 0 atom stereocenters. The van der Waals surface area contributed by atoms with Crippen LogP contribution in [0.15, 0.2) is 30.3 Å². The Bertz CT molecular complexity index is 849. The molecule has 0 aliphatic heterocycles. The van der Waals surface area contributed by atoms with Gasteiger partial charge in [-0.25, -0.2) is 4.79 Å². The highest BCUT2D eigenvalue weighted by Gasteiger charge is 2.25. The number of fused-ring (bicyclic) bond motifs is 1. The second-order valence-corrected chi connectivity index (χ2v) is 7.95. The lowest BCUT2D eigenvalue weighted by atomic mass is 9.96. The fraction of sp³-hybridized carbons (Fsp3) is 0.364. The summed E-state index contributed by atoms with van der Waals surface area (Å²) in [7, 11) is 1.39. The molecular weight excluding hydrogens is 358 g/mol. The summed E-state index contributed by atoms with van der Waals surface area (Å²) in [6.45, 7) is 2.03. The van der Waals surface area contributed by atoms with Gasteiger partial charge in [0.15, 0.2) is 0 Å². The van der Waals surface area contributed by atoms with E-state index < -0.39 is 0 Å². The number of rotatable bonds is 4. The van der Waals surface area contributed by atoms with E-state index in [1.165, 1.54) is 47.8 Å². The predicted molar refractivity (Wildman–Crippen MR) is 110 cm³/mol. The Morgan fingerprint density at radius 3 is 2.48 bits per heavy atom. The van der Waals surface area contributed by atoms with Gasteiger partial charge >= 0.3 is 5.97 Å². The van der Waals surface area contributed by atoms with Crippen LogP contribution in [0.2, 0.25) is 0 Å². The molecule has 1 aliphatic carbocycles. The Hall–Kier alpha value is -2.40. The lowest BCUT2D eigenvalue weighted by Crippen LogP contribution is -2.12. The molecule has 1 N–H and O–H groups in total. The molecule has 1 aromatic carbocycles. The van der Waals surface area contributed by atoms with Gasteiger partial charge in [-0.05, 0) is 49.8 Å². The number of thiophene rings is 1. The van der Waals surface area contributed by atoms with Gasteiger partial charge in [0, 0.05) is 11.0 Å². The zero-order valence-electron chi connectivity index (χ0n) is 15.8. The highest BCUT2D eigenvalue weighted by molar-refractivity contribution is 7.17. The van der Waals surface area contributed by atoms with Crippen molar-refractivity contribution in [3.63, 3.8) is 0 Å². The van der Waals surface area contributed by atoms with Crippen molar-refractivity contribution >= 4 is 34.3 Å². The van der Waals surface area contributed by atoms with Crippen LogP contribution in [-0.4, -0.2) is 19.0 Å². The first-order valence-electron chi connectivity index (χ1n) is 9.37. The summed E-state index contributed by atoms with van der Waals surface area (Å²) in [5.74, 6) is -0.610. The number of carbonyl (C=O) groups excluding carboxylic acids is 2. The van der Waals surface area contributed by atoms with Crippen LogP contribution >= 0.6 is 11.3 Å². The first-order valence-corrected chi connectivity index (χ1v) is 10.2. The van der Waals surface area contributed by atoms with Crippen LogP contribution in [0.3, 0.4) is 0 Å². The van der Waals surface area contributed by atoms with Crippen molar-refractivity contribution < 1.29 is 14.3 Å². The predicted octanol–water partition coefficient (Wildman–Crippen LogP) is 5.15. The molecule has 27 heavy (non-hydrogen) atoms. The molecule has 1 amide bonds. The monoisotopic (exact) mass is 383 g/mol. The number of nitrogens with one attached hydrogen (secondary N) is 1. The maximum Gasteiger partial charge on any atom is 0.341 e. The van der Waals surface area contributed by atoms with Crippen LogP contribution in [-0.2, 0) is 22.4 Å². The third kappa shape index (κ3) is 4.86. The molecule has 1 aromatic heterocycles. The number of methoxy groups -OCH3 is 1. The summed E-state index contributed by atoms with van der Waals surface area (Å²) in [6.07, 6.45) is 9.68. The summed E-state index contributed by atoms with van der Waals surface area (Å²) >= 11 is 1.51. The maximum absolute atomic E-state index is 12.4. The molecule has 5 heteroatoms. The van der Waals surface area contributed by atoms with Crippen LogP contribution in [0.1, 0.15) is 57.6 Å². The second kappa shape index (κ2) is 9.00. The third-order valence-electron chi connectivity index (χ3n) is 4.80. The Kier molecular flexibility index (Phi) is 6.45. The van der Waals surface area contributed by atoms with E-state index in [1.807, 2.05) is 31.2 Å². The summed E-state index contributed by atoms with van der Waals surface area (Å²) < 4.78 is 4.99. The van der Waals surface area contributed by atoms with E-state index >= 15 is 0 Å². The fourth-order valence-electron chi connectivity index (χ4n) is 3.33. The lowest BCUT2D eigenvalue weighted by molar-refractivity contribution is -0.111. The normalized spacial score (nSPS) is 14.3. The van der Waals surface area contributed by atoms with Crippen LogP contribution < -0.4 is 5.32 Å². The number of amides is 1. The Morgan fingerprint density at radius 2 is 1.78 bits per heavy atom. The van der Waals surface area contributed by atoms with Gasteiger partial charge in [-0.3, -0.25) is 4.79 Å². The summed E-state index contributed by atoms with van der Waals surface area (Å²) in [4.78, 5) is 26.0. The van der Waals surface area contributed by atoms with Crippen molar-refractivity contribution in [2.45, 2.75) is 45.4 Å². The average molecular weight is 384 g/mol. The third-order valence-corrected chi connectivity index (χ3v) is 6.01. The molecule has 1 heterocycles. The molecule has 0 unspecified atom stereocenters. The number of hydrogen-bond acceptors (Lipinski definition) is 4. The van der Waals surface area contributed by atoms with Crippen molar-refractivity contribution in [3.8, 4) is 0 Å². The Balaban J connectivity index is 1.82. The molecule has 0 radical (unpaired) electrons. The van der Waals surface area contributed by atoms with Crippen molar-refractivity contribution in [1.29, 1.82) is 0 Å². The molecule has 142 valence electrons. The molecule has 0 spiro atoms. The Morgan fingerprint density at radius 1 is 1.07 bits per heavy atom. The molecule has 0 saturated carbocycles. The van der Waals surface area contributed by atoms with Gasteiger partial charge in [-0.1, -0.05) is 42.7 Å². The lowest BCUT2D eigenvalue weighted by Gasteiger charge is -2.10. The van der Waals surface area contributed by atoms with Crippen LogP contribution in [0.25, 0.3) is 6.08 Å². The van der Waals surface area contributed by atoms with Crippen molar-refractivity contribution in [2.75, 3.05) is 12.4 Å². The van der Waals surface area contributed by atoms with Crippen molar-refractivity contribution in [3.05, 3.63) is 57.5 Å². The van der Waals surface area contributed by atoms with Gasteiger partial charge in [0.05, 0.1) is 12.7 Å². The Labute approximate surface area is 164 Å². The van der Waals surface area contributed by atoms with Gasteiger partial charge in [0.1, 0.15) is 5.00 Å². The second-order valence-electron chi connectivity index (χ2n) is 6.85. The minimum Gasteiger partial charge on any atom is -0.465 e. The summed E-state index contributed by atoms with van der Waals surface area (Å²) in [6, 6.07) is 7.95. The SMILES string of the molecule is COC(=O)c1c(NC(=O)/C=C\c2ccc(C)cc2)sc2c1CCCCCC2. The van der Waals surface area contributed by atoms with E-state index in [9.17, 15) is 9.59 Å². The van der Waals surface area contributed by atoms with Crippen LogP contribution in [0.4, 0.5) is 5.00 Å². The van der Waals surface area contributed by atoms with Crippen LogP contribution in [0, 0.1) is 6.92 Å². The largest absolute Gasteiger partial charge is 0.465 e. The minimum absolute atomic E-state index is 0.241. The fourth-order valence-corrected chi connectivity index (χ4v) is 4.61. The van der Waals surface area contributed by atoms with E-state index in [2.05, 4.69) is 5.32 Å². The minimum atomic E-state index is -0.370. The van der Waals surface area contributed by atoms with E-state index in [0.717, 1.165) is 36.8 Å². The zero-order valence-corrected chi connectivity index (χ0v) is 16.7. The van der Waals surface area contributed by atoms with E-state index in [4.69, 9.17) is 4.74 Å². The highest BCUT2D eigenvalue weighted by Crippen LogP contribution is 2.37. The zero-order chi connectivity index (χ0) is 19.2. The smallest absolute Gasteiger partial charge is 0.341 e. The van der Waals surface area contributed by atoms with E-state index in [0.29, 0.717) is 10.6 Å². The van der Waals surface area contributed by atoms with Crippen molar-refractivity contribution in [2.24, 2.45) is 0 Å². The number of aryl methyl sites for hydroxylation is 2. The maximum atomic E-state index is 12.4. The van der Waals surface area contributed by atoms with Crippen molar-refractivity contribution in [1.82, 2.24) is 0 Å². The number of carbonyl (C=O) groups is 2. The quantitative estimate of drug-likeness (QED) is 0.586. The molecular formula is C22H25NO3S. The molecule has 0 saturated heterocycles. The number of ether oxygens (including phenoxy) is 1. The van der Waals surface area contributed by atoms with Gasteiger partial charge < -0.3 is 10.1 Å². The first kappa shape index (κ1) is 19.4. The molecule has 3 rings (SSSR count). The summed E-state index contributed by atoms with van der Waals surface area (Å²) in [5, 5.41) is 3.50. The van der Waals surface area contributed by atoms with Gasteiger partial charge in [0.25, 0.3) is 0 Å². The average Bonchev–Trinajstić information content (AvgIpc) is 2.96. The molecule has 1 aliphatic rings. The molecule has 0 bridgehead atoms. The first-order chi connectivity index (χ1) is 13.1. The van der Waals surface area contributed by atoms with Gasteiger partial charge in [0.2, 0.25) is 5.91 Å². The van der Waals surface area contributed by atoms with Crippen LogP contribution in [0.5, 0.6) is 0 Å². The van der Waals surface area contributed by atoms with Gasteiger partial charge in [-0.2, -0.15) is 0 Å². The highest BCUT2D eigenvalue weighted by atomic mass is 32.1. The number of hydrogen-bond donors (Lipinski definition) is 1. The molecule has 2 aromatic rings. The van der Waals surface area contributed by atoms with E-state index in [1.54, 1.807) is 6.08 Å². The van der Waals surface area contributed by atoms with Gasteiger partial charge in [-0.15, -0.1) is 11.3 Å². The number of esters is 1. The summed E-state index contributed by atoms with van der Waals surface area (Å²) in [5.41, 5.74) is 3.73. The van der Waals surface area contributed by atoms with E-state index in [-0.39, 0.29) is 11.9 Å². The standard InChI is InChI=1S/C22H25NO3S/c1-15-9-11-16(12-10-15)13-14-19(24)23-21-20(22(25)26-2)17-7-5-3-4-6-8-18(17)27-21/h9-14H,3-8H2,1-2H3,(H,23,24)/b14-13-. The molecule has 0 fully saturated rings. The topological polar surface area (TPSA) is 55.4 Å².